The molecule has 0 amide bonds. The van der Waals surface area contributed by atoms with Crippen molar-refractivity contribution in [1.82, 2.24) is 30.4 Å². The fourth-order valence-corrected chi connectivity index (χ4v) is 7.84. The lowest BCUT2D eigenvalue weighted by Gasteiger charge is -2.34. The summed E-state index contributed by atoms with van der Waals surface area (Å²) in [6, 6.07) is 8.79. The molecule has 2 aromatic carbocycles. The molecule has 4 fully saturated rings. The molecule has 0 saturated carbocycles. The molecule has 6 heterocycles. The van der Waals surface area contributed by atoms with Crippen LogP contribution < -0.4 is 20.7 Å². The number of hydrogen-bond donors (Lipinski definition) is 3. The first-order valence-electron chi connectivity index (χ1n) is 14.6. The number of benzene rings is 2. The normalized spacial score (nSPS) is 23.9. The molecule has 4 aliphatic rings. The van der Waals surface area contributed by atoms with E-state index in [1.54, 1.807) is 0 Å². The Bertz CT molecular complexity index is 1610. The minimum atomic E-state index is -0.387. The van der Waals surface area contributed by atoms with E-state index in [4.69, 9.17) is 20.4 Å². The number of nitrogens with two attached hydrogens (primary N) is 1. The molecule has 4 aliphatic heterocycles. The molecule has 0 aliphatic carbocycles. The molecule has 9 nitrogen and oxygen atoms in total. The van der Waals surface area contributed by atoms with E-state index in [-0.39, 0.29) is 22.9 Å². The minimum absolute atomic E-state index is 0.0542. The number of H-pyrrole nitrogens is 1. The Morgan fingerprint density at radius 3 is 2.62 bits per heavy atom. The van der Waals surface area contributed by atoms with Gasteiger partial charge in [0.15, 0.2) is 11.6 Å². The summed E-state index contributed by atoms with van der Waals surface area (Å²) in [7, 11) is 0. The number of aryl methyl sites for hydroxylation is 1. The third kappa shape index (κ3) is 3.69. The molecule has 208 valence electrons. The van der Waals surface area contributed by atoms with Crippen molar-refractivity contribution in [3.05, 3.63) is 35.6 Å². The molecule has 0 spiro atoms. The highest BCUT2D eigenvalue weighted by atomic mass is 19.1. The third-order valence-electron chi connectivity index (χ3n) is 9.80. The van der Waals surface area contributed by atoms with Crippen LogP contribution in [-0.4, -0.2) is 75.5 Å². The van der Waals surface area contributed by atoms with Crippen LogP contribution in [0.25, 0.3) is 32.9 Å². The summed E-state index contributed by atoms with van der Waals surface area (Å²) in [5, 5.41) is 12.3. The summed E-state index contributed by atoms with van der Waals surface area (Å²) in [4.78, 5) is 14.5. The van der Waals surface area contributed by atoms with E-state index in [0.717, 1.165) is 79.7 Å². The fraction of sp³-hybridized carbons (Fsp3) is 0.500. The molecule has 40 heavy (non-hydrogen) atoms. The van der Waals surface area contributed by atoms with Crippen LogP contribution in [0.1, 0.15) is 44.1 Å². The van der Waals surface area contributed by atoms with Crippen LogP contribution in [0.5, 0.6) is 6.01 Å². The van der Waals surface area contributed by atoms with Crippen LogP contribution in [-0.2, 0) is 0 Å². The maximum atomic E-state index is 16.7. The third-order valence-corrected chi connectivity index (χ3v) is 9.80. The number of nitrogens with zero attached hydrogens (tertiary/aromatic N) is 5. The second-order valence-electron chi connectivity index (χ2n) is 12.2. The highest BCUT2D eigenvalue weighted by Gasteiger charge is 2.45. The number of halogens is 1. The number of anilines is 2. The average Bonchev–Trinajstić information content (AvgIpc) is 3.72. The Labute approximate surface area is 232 Å². The van der Waals surface area contributed by atoms with Crippen molar-refractivity contribution in [1.29, 1.82) is 0 Å². The van der Waals surface area contributed by atoms with Gasteiger partial charge in [-0.3, -0.25) is 10.00 Å². The first-order chi connectivity index (χ1) is 19.5. The van der Waals surface area contributed by atoms with E-state index < -0.39 is 0 Å². The highest BCUT2D eigenvalue weighted by Crippen LogP contribution is 2.41. The molecule has 2 bridgehead atoms. The topological polar surface area (TPSA) is 108 Å². The first-order valence-corrected chi connectivity index (χ1v) is 14.6. The number of aromatic amines is 1. The molecule has 2 atom stereocenters. The van der Waals surface area contributed by atoms with Crippen molar-refractivity contribution in [2.24, 2.45) is 0 Å². The van der Waals surface area contributed by atoms with Crippen LogP contribution in [0.3, 0.4) is 0 Å². The van der Waals surface area contributed by atoms with E-state index in [1.165, 1.54) is 12.8 Å². The van der Waals surface area contributed by atoms with Gasteiger partial charge in [0.05, 0.1) is 16.4 Å². The zero-order valence-electron chi connectivity index (χ0n) is 22.8. The number of ether oxygens (including phenoxy) is 1. The standard InChI is InChI=1S/C30H35FN8O/c1-17-4-9-22-24(27(32)37-36-22)23(17)20-7-8-21-26(25(20)31)34-29(40-16-30-10-2-12-39(30)13-3-11-30)35-28(21)38-14-18-5-6-19(15-38)33-18/h4,7-9,18-19,33H,2-3,5-6,10-16H2,1H3,(H3,32,36,37). The number of nitrogens with one attached hydrogen (secondary N) is 2. The van der Waals surface area contributed by atoms with Gasteiger partial charge in [-0.25, -0.2) is 4.39 Å². The molecule has 4 N–H and O–H groups in total. The van der Waals surface area contributed by atoms with Gasteiger partial charge in [-0.05, 0) is 76.2 Å². The molecule has 0 radical (unpaired) electrons. The summed E-state index contributed by atoms with van der Waals surface area (Å²) >= 11 is 0. The number of nitrogen functional groups attached to an aromatic ring is 1. The van der Waals surface area contributed by atoms with E-state index in [2.05, 4.69) is 25.3 Å². The number of hydrogen-bond acceptors (Lipinski definition) is 8. The maximum absolute atomic E-state index is 16.7. The number of piperazine rings is 1. The molecule has 2 unspecified atom stereocenters. The van der Waals surface area contributed by atoms with Gasteiger partial charge in [-0.1, -0.05) is 12.1 Å². The highest BCUT2D eigenvalue weighted by molar-refractivity contribution is 6.05. The molecule has 4 aromatic rings. The summed E-state index contributed by atoms with van der Waals surface area (Å²) in [5.41, 5.74) is 9.46. The second-order valence-corrected chi connectivity index (χ2v) is 12.2. The van der Waals surface area contributed by atoms with Gasteiger partial charge in [-0.2, -0.15) is 15.1 Å². The van der Waals surface area contributed by atoms with Crippen LogP contribution in [0.15, 0.2) is 24.3 Å². The van der Waals surface area contributed by atoms with Crippen molar-refractivity contribution in [2.45, 2.75) is 63.1 Å². The fourth-order valence-electron chi connectivity index (χ4n) is 7.84. The SMILES string of the molecule is Cc1ccc2[nH]nc(N)c2c1-c1ccc2c(N3CC4CCC(C3)N4)nc(OCC34CCCN3CCC4)nc2c1F. The van der Waals surface area contributed by atoms with Gasteiger partial charge < -0.3 is 20.7 Å². The lowest BCUT2D eigenvalue weighted by atomic mass is 9.95. The zero-order valence-corrected chi connectivity index (χ0v) is 22.8. The number of aromatic nitrogens is 4. The van der Waals surface area contributed by atoms with E-state index in [0.29, 0.717) is 35.5 Å². The summed E-state index contributed by atoms with van der Waals surface area (Å²) in [6.07, 6.45) is 6.94. The minimum Gasteiger partial charge on any atom is -0.461 e. The number of rotatable bonds is 5. The quantitative estimate of drug-likeness (QED) is 0.345. The van der Waals surface area contributed by atoms with Crippen LogP contribution in [0, 0.1) is 12.7 Å². The zero-order chi connectivity index (χ0) is 27.0. The van der Waals surface area contributed by atoms with Gasteiger partial charge >= 0.3 is 6.01 Å². The van der Waals surface area contributed by atoms with Crippen LogP contribution in [0.4, 0.5) is 16.0 Å². The van der Waals surface area contributed by atoms with Gasteiger partial charge in [-0.15, -0.1) is 0 Å². The molecular weight excluding hydrogens is 507 g/mol. The van der Waals surface area contributed by atoms with Crippen molar-refractivity contribution in [2.75, 3.05) is 43.4 Å². The lowest BCUT2D eigenvalue weighted by Crippen LogP contribution is -2.51. The Balaban J connectivity index is 1.26. The predicted octanol–water partition coefficient (Wildman–Crippen LogP) is 4.15. The van der Waals surface area contributed by atoms with Gasteiger partial charge in [0, 0.05) is 41.7 Å². The first kappa shape index (κ1) is 24.3. The smallest absolute Gasteiger partial charge is 0.319 e. The Kier molecular flexibility index (Phi) is 5.47. The van der Waals surface area contributed by atoms with Crippen LogP contribution in [0.2, 0.25) is 0 Å². The van der Waals surface area contributed by atoms with Crippen molar-refractivity contribution in [3.63, 3.8) is 0 Å². The summed E-state index contributed by atoms with van der Waals surface area (Å²) in [6.45, 7) is 6.43. The summed E-state index contributed by atoms with van der Waals surface area (Å²) < 4.78 is 23.1. The molecule has 2 aromatic heterocycles. The monoisotopic (exact) mass is 542 g/mol. The van der Waals surface area contributed by atoms with E-state index >= 15 is 4.39 Å². The Morgan fingerprint density at radius 2 is 1.85 bits per heavy atom. The van der Waals surface area contributed by atoms with Gasteiger partial charge in [0.25, 0.3) is 0 Å². The van der Waals surface area contributed by atoms with Gasteiger partial charge in [0.1, 0.15) is 17.9 Å². The maximum Gasteiger partial charge on any atom is 0.319 e. The summed E-state index contributed by atoms with van der Waals surface area (Å²) in [5.74, 6) is 0.726. The van der Waals surface area contributed by atoms with E-state index in [1.807, 2.05) is 31.2 Å². The number of fused-ring (bicyclic) bond motifs is 5. The van der Waals surface area contributed by atoms with Crippen molar-refractivity contribution >= 4 is 33.4 Å². The molecular formula is C30H35FN8O. The average molecular weight is 543 g/mol. The Hall–Kier alpha value is -3.50. The lowest BCUT2D eigenvalue weighted by molar-refractivity contribution is 0.108. The Morgan fingerprint density at radius 1 is 1.07 bits per heavy atom. The van der Waals surface area contributed by atoms with Crippen LogP contribution >= 0.6 is 0 Å². The molecule has 4 saturated heterocycles. The molecule has 10 heteroatoms. The van der Waals surface area contributed by atoms with Gasteiger partial charge in [0.2, 0.25) is 0 Å². The molecule has 8 rings (SSSR count). The predicted molar refractivity (Wildman–Crippen MR) is 154 cm³/mol. The van der Waals surface area contributed by atoms with E-state index in [9.17, 15) is 0 Å². The van der Waals surface area contributed by atoms with Crippen molar-refractivity contribution < 1.29 is 9.13 Å². The largest absolute Gasteiger partial charge is 0.461 e. The van der Waals surface area contributed by atoms with Crippen molar-refractivity contribution in [3.8, 4) is 17.1 Å². The second kappa shape index (κ2) is 9.01.